The summed E-state index contributed by atoms with van der Waals surface area (Å²) >= 11 is 0. The number of pyridine rings is 2. The molecule has 0 aliphatic heterocycles. The van der Waals surface area contributed by atoms with E-state index in [2.05, 4.69) is 15.3 Å². The topological polar surface area (TPSA) is 118 Å². The van der Waals surface area contributed by atoms with Gasteiger partial charge < -0.3 is 29.3 Å². The van der Waals surface area contributed by atoms with Gasteiger partial charge in [-0.1, -0.05) is 0 Å². The SMILES string of the molecule is COCC(C)n1c(C)c(C(=O)NCc2c(OC)cc(C)[nH]c2=O)c2ccc(=O)[nH]c21. The molecule has 0 spiro atoms. The number of hydrogen-bond acceptors (Lipinski definition) is 5. The summed E-state index contributed by atoms with van der Waals surface area (Å²) in [7, 11) is 3.07. The number of H-pyrrole nitrogens is 2. The fraction of sp³-hybridized carbons (Fsp3) is 0.381. The van der Waals surface area contributed by atoms with Crippen LogP contribution in [0, 0.1) is 13.8 Å². The fourth-order valence-corrected chi connectivity index (χ4v) is 3.78. The minimum Gasteiger partial charge on any atom is -0.496 e. The molecule has 0 fully saturated rings. The van der Waals surface area contributed by atoms with Crippen LogP contribution in [-0.2, 0) is 11.3 Å². The first-order valence-corrected chi connectivity index (χ1v) is 9.56. The maximum absolute atomic E-state index is 13.1. The third-order valence-electron chi connectivity index (χ3n) is 5.08. The van der Waals surface area contributed by atoms with E-state index in [-0.39, 0.29) is 29.6 Å². The summed E-state index contributed by atoms with van der Waals surface area (Å²) in [5.74, 6) is 0.0590. The van der Waals surface area contributed by atoms with E-state index in [9.17, 15) is 14.4 Å². The van der Waals surface area contributed by atoms with Crippen molar-refractivity contribution in [3.05, 3.63) is 61.4 Å². The molecule has 0 aliphatic carbocycles. The van der Waals surface area contributed by atoms with E-state index < -0.39 is 0 Å². The predicted molar refractivity (Wildman–Crippen MR) is 113 cm³/mol. The molecular formula is C21H26N4O5. The highest BCUT2D eigenvalue weighted by Gasteiger charge is 2.23. The summed E-state index contributed by atoms with van der Waals surface area (Å²) in [5.41, 5.74) is 2.12. The Hall–Kier alpha value is -3.33. The molecule has 0 bridgehead atoms. The number of hydrogen-bond donors (Lipinski definition) is 3. The first kappa shape index (κ1) is 21.4. The Kier molecular flexibility index (Phi) is 6.12. The average molecular weight is 414 g/mol. The Morgan fingerprint density at radius 3 is 2.60 bits per heavy atom. The van der Waals surface area contributed by atoms with Crippen LogP contribution in [0.2, 0.25) is 0 Å². The van der Waals surface area contributed by atoms with Crippen molar-refractivity contribution in [3.8, 4) is 5.75 Å². The highest BCUT2D eigenvalue weighted by atomic mass is 16.5. The maximum Gasteiger partial charge on any atom is 0.256 e. The molecule has 9 heteroatoms. The number of rotatable bonds is 7. The van der Waals surface area contributed by atoms with Gasteiger partial charge in [0, 0.05) is 30.0 Å². The molecule has 1 atom stereocenters. The van der Waals surface area contributed by atoms with Crippen molar-refractivity contribution >= 4 is 16.9 Å². The summed E-state index contributed by atoms with van der Waals surface area (Å²) in [6, 6.07) is 4.62. The monoisotopic (exact) mass is 414 g/mol. The molecule has 3 aromatic heterocycles. The third-order valence-corrected chi connectivity index (χ3v) is 5.08. The summed E-state index contributed by atoms with van der Waals surface area (Å²) in [6.45, 7) is 5.93. The van der Waals surface area contributed by atoms with E-state index in [1.165, 1.54) is 13.2 Å². The number of ether oxygens (including phenoxy) is 2. The molecule has 30 heavy (non-hydrogen) atoms. The first-order valence-electron chi connectivity index (χ1n) is 9.56. The van der Waals surface area contributed by atoms with Gasteiger partial charge in [-0.3, -0.25) is 14.4 Å². The highest BCUT2D eigenvalue weighted by Crippen LogP contribution is 2.27. The molecule has 1 unspecified atom stereocenters. The van der Waals surface area contributed by atoms with Crippen molar-refractivity contribution < 1.29 is 14.3 Å². The number of aryl methyl sites for hydroxylation is 1. The summed E-state index contributed by atoms with van der Waals surface area (Å²) in [6.07, 6.45) is 0. The van der Waals surface area contributed by atoms with Crippen LogP contribution < -0.4 is 21.2 Å². The van der Waals surface area contributed by atoms with Crippen LogP contribution in [0.5, 0.6) is 5.75 Å². The molecule has 0 aromatic carbocycles. The van der Waals surface area contributed by atoms with Gasteiger partial charge in [0.15, 0.2) is 0 Å². The van der Waals surface area contributed by atoms with E-state index in [4.69, 9.17) is 9.47 Å². The van der Waals surface area contributed by atoms with Gasteiger partial charge in [-0.15, -0.1) is 0 Å². The number of carbonyl (C=O) groups is 1. The number of fused-ring (bicyclic) bond motifs is 1. The van der Waals surface area contributed by atoms with Crippen molar-refractivity contribution in [2.45, 2.75) is 33.4 Å². The molecular weight excluding hydrogens is 388 g/mol. The second kappa shape index (κ2) is 8.58. The quantitative estimate of drug-likeness (QED) is 0.545. The predicted octanol–water partition coefficient (Wildman–Crippen LogP) is 1.78. The zero-order valence-electron chi connectivity index (χ0n) is 17.7. The fourth-order valence-electron chi connectivity index (χ4n) is 3.78. The second-order valence-electron chi connectivity index (χ2n) is 7.23. The Balaban J connectivity index is 2.01. The number of nitrogens with one attached hydrogen (secondary N) is 3. The lowest BCUT2D eigenvalue weighted by atomic mass is 10.1. The smallest absolute Gasteiger partial charge is 0.256 e. The van der Waals surface area contributed by atoms with Gasteiger partial charge in [0.2, 0.25) is 5.56 Å². The van der Waals surface area contributed by atoms with Crippen LogP contribution in [0.1, 0.15) is 40.3 Å². The van der Waals surface area contributed by atoms with Gasteiger partial charge in [-0.05, 0) is 32.9 Å². The second-order valence-corrected chi connectivity index (χ2v) is 7.23. The molecule has 0 aliphatic rings. The Morgan fingerprint density at radius 1 is 1.20 bits per heavy atom. The van der Waals surface area contributed by atoms with Crippen LogP contribution in [0.25, 0.3) is 11.0 Å². The highest BCUT2D eigenvalue weighted by molar-refractivity contribution is 6.07. The number of amides is 1. The van der Waals surface area contributed by atoms with Crippen molar-refractivity contribution in [3.63, 3.8) is 0 Å². The van der Waals surface area contributed by atoms with Gasteiger partial charge in [0.1, 0.15) is 11.4 Å². The van der Waals surface area contributed by atoms with Gasteiger partial charge in [-0.2, -0.15) is 0 Å². The van der Waals surface area contributed by atoms with Gasteiger partial charge in [0.05, 0.1) is 37.4 Å². The van der Waals surface area contributed by atoms with Crippen LogP contribution >= 0.6 is 0 Å². The lowest BCUT2D eigenvalue weighted by Gasteiger charge is -2.16. The molecule has 9 nitrogen and oxygen atoms in total. The van der Waals surface area contributed by atoms with Crippen LogP contribution in [0.3, 0.4) is 0 Å². The minimum absolute atomic E-state index is 0.000706. The molecule has 0 saturated carbocycles. The molecule has 0 saturated heterocycles. The van der Waals surface area contributed by atoms with Crippen LogP contribution in [0.4, 0.5) is 0 Å². The van der Waals surface area contributed by atoms with E-state index in [1.54, 1.807) is 26.2 Å². The first-order chi connectivity index (χ1) is 14.3. The largest absolute Gasteiger partial charge is 0.496 e. The van der Waals surface area contributed by atoms with Crippen molar-refractivity contribution in [1.82, 2.24) is 19.9 Å². The molecule has 3 N–H and O–H groups in total. The standard InChI is InChI=1S/C21H26N4O5/c1-11-8-16(30-5)15(20(27)23-11)9-22-21(28)18-13(3)25(12(2)10-29-4)19-14(18)6-7-17(26)24-19/h6-8,12H,9-10H2,1-5H3,(H,22,28)(H,23,27)(H,24,26). The number of methoxy groups -OCH3 is 2. The number of nitrogens with zero attached hydrogens (tertiary/aromatic N) is 1. The minimum atomic E-state index is -0.352. The Labute approximate surface area is 173 Å². The van der Waals surface area contributed by atoms with Crippen molar-refractivity contribution in [1.29, 1.82) is 0 Å². The van der Waals surface area contributed by atoms with E-state index >= 15 is 0 Å². The molecule has 160 valence electrons. The summed E-state index contributed by atoms with van der Waals surface area (Å²) < 4.78 is 12.4. The van der Waals surface area contributed by atoms with Crippen LogP contribution in [0.15, 0.2) is 27.8 Å². The molecule has 3 heterocycles. The molecule has 3 aromatic rings. The molecule has 1 amide bonds. The van der Waals surface area contributed by atoms with E-state index in [1.807, 2.05) is 18.4 Å². The third kappa shape index (κ3) is 3.88. The zero-order valence-corrected chi connectivity index (χ0v) is 17.7. The molecule has 0 radical (unpaired) electrons. The van der Waals surface area contributed by atoms with Crippen molar-refractivity contribution in [2.24, 2.45) is 0 Å². The van der Waals surface area contributed by atoms with Crippen LogP contribution in [-0.4, -0.2) is 41.3 Å². The number of aromatic nitrogens is 3. The van der Waals surface area contributed by atoms with E-state index in [0.717, 1.165) is 0 Å². The van der Waals surface area contributed by atoms with Gasteiger partial charge in [-0.25, -0.2) is 0 Å². The maximum atomic E-state index is 13.1. The average Bonchev–Trinajstić information content (AvgIpc) is 2.97. The summed E-state index contributed by atoms with van der Waals surface area (Å²) in [4.78, 5) is 42.8. The zero-order chi connectivity index (χ0) is 22.0. The Bertz CT molecular complexity index is 1200. The number of carbonyl (C=O) groups excluding carboxylic acids is 1. The van der Waals surface area contributed by atoms with Gasteiger partial charge >= 0.3 is 0 Å². The lowest BCUT2D eigenvalue weighted by Crippen LogP contribution is -2.28. The number of aromatic amines is 2. The Morgan fingerprint density at radius 2 is 1.93 bits per heavy atom. The van der Waals surface area contributed by atoms with E-state index in [0.29, 0.717) is 45.9 Å². The summed E-state index contributed by atoms with van der Waals surface area (Å²) in [5, 5.41) is 3.43. The van der Waals surface area contributed by atoms with Gasteiger partial charge in [0.25, 0.3) is 11.5 Å². The van der Waals surface area contributed by atoms with Crippen molar-refractivity contribution in [2.75, 3.05) is 20.8 Å². The molecule has 3 rings (SSSR count). The lowest BCUT2D eigenvalue weighted by molar-refractivity contribution is 0.0951. The normalized spacial score (nSPS) is 12.2.